The predicted octanol–water partition coefficient (Wildman–Crippen LogP) is 2.30. The first-order chi connectivity index (χ1) is 11.7. The van der Waals surface area contributed by atoms with Crippen LogP contribution in [-0.4, -0.2) is 36.5 Å². The molecule has 1 unspecified atom stereocenters. The minimum absolute atomic E-state index is 0.0930. The van der Waals surface area contributed by atoms with Crippen molar-refractivity contribution in [2.24, 2.45) is 9.98 Å². The van der Waals surface area contributed by atoms with Crippen molar-refractivity contribution in [3.63, 3.8) is 0 Å². The van der Waals surface area contributed by atoms with Crippen LogP contribution in [0.15, 0.2) is 40.7 Å². The zero-order valence-corrected chi connectivity index (χ0v) is 13.7. The van der Waals surface area contributed by atoms with Crippen LogP contribution in [0.25, 0.3) is 5.95 Å². The van der Waals surface area contributed by atoms with E-state index >= 15 is 0 Å². The zero-order valence-electron chi connectivity index (χ0n) is 12.8. The summed E-state index contributed by atoms with van der Waals surface area (Å²) >= 11 is 4.31. The summed E-state index contributed by atoms with van der Waals surface area (Å²) in [7, 11) is 0. The molecule has 2 aromatic rings. The van der Waals surface area contributed by atoms with Crippen LogP contribution in [0.3, 0.4) is 0 Å². The number of halogens is 3. The summed E-state index contributed by atoms with van der Waals surface area (Å²) < 4.78 is 40.4. The molecule has 2 N–H and O–H groups in total. The molecule has 0 saturated carbocycles. The van der Waals surface area contributed by atoms with E-state index in [4.69, 9.17) is 5.73 Å². The van der Waals surface area contributed by atoms with E-state index in [-0.39, 0.29) is 17.6 Å². The molecule has 1 aliphatic heterocycles. The first-order valence-electron chi connectivity index (χ1n) is 6.95. The van der Waals surface area contributed by atoms with Crippen molar-refractivity contribution in [2.75, 3.05) is 5.73 Å². The molecule has 1 aliphatic rings. The van der Waals surface area contributed by atoms with Crippen molar-refractivity contribution in [1.82, 2.24) is 19.7 Å². The minimum atomic E-state index is -4.76. The van der Waals surface area contributed by atoms with Gasteiger partial charge in [0.25, 0.3) is 5.95 Å². The highest BCUT2D eigenvalue weighted by atomic mass is 32.1. The molecule has 0 spiro atoms. The van der Waals surface area contributed by atoms with Gasteiger partial charge in [-0.15, -0.1) is 0 Å². The van der Waals surface area contributed by atoms with Crippen molar-refractivity contribution in [3.8, 4) is 5.95 Å². The Hall–Kier alpha value is -2.69. The van der Waals surface area contributed by atoms with Crippen molar-refractivity contribution in [1.29, 1.82) is 0 Å². The summed E-state index contributed by atoms with van der Waals surface area (Å²) in [5.41, 5.74) is 4.25. The number of amidine groups is 1. The number of alkyl halides is 3. The lowest BCUT2D eigenvalue weighted by Gasteiger charge is -2.09. The summed E-state index contributed by atoms with van der Waals surface area (Å²) in [4.78, 5) is 15.7. The third-order valence-electron chi connectivity index (χ3n) is 3.21. The number of nitrogens with two attached hydrogens (primary N) is 1. The summed E-state index contributed by atoms with van der Waals surface area (Å²) in [6.07, 6.45) is 2.25. The largest absolute Gasteiger partial charge is 0.436 e. The van der Waals surface area contributed by atoms with Gasteiger partial charge in [0.2, 0.25) is 0 Å². The third kappa shape index (κ3) is 3.40. The van der Waals surface area contributed by atoms with Crippen LogP contribution in [0.4, 0.5) is 19.0 Å². The van der Waals surface area contributed by atoms with Crippen LogP contribution in [0.5, 0.6) is 0 Å². The Labute approximate surface area is 145 Å². The number of aromatic nitrogens is 4. The van der Waals surface area contributed by atoms with Gasteiger partial charge in [-0.05, 0) is 19.1 Å². The van der Waals surface area contributed by atoms with E-state index in [1.807, 2.05) is 0 Å². The fraction of sp³-hybridized carbons (Fsp3) is 0.214. The molecule has 7 nitrogen and oxygen atoms in total. The van der Waals surface area contributed by atoms with E-state index < -0.39 is 22.2 Å². The Morgan fingerprint density at radius 1 is 1.24 bits per heavy atom. The molecule has 25 heavy (non-hydrogen) atoms. The molecule has 1 atom stereocenters. The second kappa shape index (κ2) is 5.99. The van der Waals surface area contributed by atoms with Crippen molar-refractivity contribution >= 4 is 30.5 Å². The molecule has 3 heterocycles. The van der Waals surface area contributed by atoms with Gasteiger partial charge < -0.3 is 5.73 Å². The maximum absolute atomic E-state index is 13.5. The Bertz CT molecular complexity index is 882. The predicted molar refractivity (Wildman–Crippen MR) is 90.1 cm³/mol. The zero-order chi connectivity index (χ0) is 18.2. The van der Waals surface area contributed by atoms with E-state index in [1.54, 1.807) is 13.0 Å². The Kier molecular flexibility index (Phi) is 4.11. The highest BCUT2D eigenvalue weighted by Gasteiger charge is 2.41. The van der Waals surface area contributed by atoms with E-state index in [0.29, 0.717) is 0 Å². The Morgan fingerprint density at radius 3 is 2.56 bits per heavy atom. The van der Waals surface area contributed by atoms with Gasteiger partial charge in [-0.1, -0.05) is 0 Å². The number of hydrogen-bond acceptors (Lipinski definition) is 7. The summed E-state index contributed by atoms with van der Waals surface area (Å²) in [6, 6.07) is 1.52. The average Bonchev–Trinajstić information content (AvgIpc) is 2.78. The normalized spacial score (nSPS) is 20.4. The van der Waals surface area contributed by atoms with Crippen LogP contribution in [0.1, 0.15) is 18.2 Å². The number of nitrogen functional groups attached to an aromatic ring is 1. The van der Waals surface area contributed by atoms with Crippen LogP contribution in [0.2, 0.25) is 0 Å². The minimum Gasteiger partial charge on any atom is -0.383 e. The molecule has 3 rings (SSSR count). The molecule has 0 bridgehead atoms. The molecule has 0 fully saturated rings. The summed E-state index contributed by atoms with van der Waals surface area (Å²) in [5, 5.41) is 3.54. The van der Waals surface area contributed by atoms with Crippen LogP contribution in [-0.2, 0) is 6.18 Å². The highest BCUT2D eigenvalue weighted by Crippen LogP contribution is 2.35. The topological polar surface area (TPSA) is 94.3 Å². The van der Waals surface area contributed by atoms with Gasteiger partial charge in [0.05, 0.1) is 10.3 Å². The molecule has 0 aliphatic carbocycles. The van der Waals surface area contributed by atoms with E-state index in [2.05, 4.69) is 37.7 Å². The molecule has 0 radical (unpaired) electrons. The number of anilines is 1. The van der Waals surface area contributed by atoms with Crippen LogP contribution in [0, 0.1) is 0 Å². The Balaban J connectivity index is 2.21. The van der Waals surface area contributed by atoms with Crippen molar-refractivity contribution in [2.45, 2.75) is 17.8 Å². The number of nitrogens with zero attached hydrogens (tertiary/aromatic N) is 6. The molecule has 2 aromatic heterocycles. The van der Waals surface area contributed by atoms with Gasteiger partial charge in [-0.2, -0.15) is 35.6 Å². The number of thiol groups is 1. The molecular formula is C14H12F3N7S. The molecule has 130 valence electrons. The fourth-order valence-corrected chi connectivity index (χ4v) is 2.18. The first kappa shape index (κ1) is 17.1. The number of aliphatic imine (C=N–C) groups is 2. The molecule has 0 aromatic carbocycles. The molecular weight excluding hydrogens is 355 g/mol. The SMILES string of the molecule is CC1(S)C=CN=C(c2c(C(F)(F)F)nn(-c3ncccn3)c2N)N=C1. The summed E-state index contributed by atoms with van der Waals surface area (Å²) in [5.74, 6) is -0.629. The highest BCUT2D eigenvalue weighted by molar-refractivity contribution is 7.82. The second-order valence-electron chi connectivity index (χ2n) is 5.32. The lowest BCUT2D eigenvalue weighted by Crippen LogP contribution is -2.16. The van der Waals surface area contributed by atoms with E-state index in [1.165, 1.54) is 30.9 Å². The summed E-state index contributed by atoms with van der Waals surface area (Å²) in [6.45, 7) is 1.71. The second-order valence-corrected chi connectivity index (χ2v) is 6.28. The van der Waals surface area contributed by atoms with Crippen molar-refractivity contribution in [3.05, 3.63) is 42.0 Å². The van der Waals surface area contributed by atoms with Gasteiger partial charge in [0.1, 0.15) is 5.82 Å². The fourth-order valence-electron chi connectivity index (χ4n) is 2.06. The number of rotatable bonds is 2. The van der Waals surface area contributed by atoms with E-state index in [0.717, 1.165) is 4.68 Å². The van der Waals surface area contributed by atoms with Gasteiger partial charge in [0.15, 0.2) is 11.5 Å². The smallest absolute Gasteiger partial charge is 0.383 e. The van der Waals surface area contributed by atoms with Gasteiger partial charge >= 0.3 is 6.18 Å². The van der Waals surface area contributed by atoms with Crippen molar-refractivity contribution < 1.29 is 13.2 Å². The van der Waals surface area contributed by atoms with E-state index in [9.17, 15) is 13.2 Å². The maximum Gasteiger partial charge on any atom is 0.436 e. The third-order valence-corrected chi connectivity index (χ3v) is 3.48. The standard InChI is InChI=1S/C14H12F3N7S/c1-13(25)3-6-19-11(22-7-13)8-9(14(15,16)17)23-24(10(8)18)12-20-4-2-5-21-12/h2-7,25H,18H2,1H3. The quantitative estimate of drug-likeness (QED) is 0.797. The van der Waals surface area contributed by atoms with Gasteiger partial charge in [-0.3, -0.25) is 0 Å². The average molecular weight is 367 g/mol. The van der Waals surface area contributed by atoms with Gasteiger partial charge in [0, 0.05) is 24.8 Å². The monoisotopic (exact) mass is 367 g/mol. The lowest BCUT2D eigenvalue weighted by atomic mass is 10.2. The molecule has 0 saturated heterocycles. The first-order valence-corrected chi connectivity index (χ1v) is 7.40. The molecule has 0 amide bonds. The Morgan fingerprint density at radius 2 is 1.92 bits per heavy atom. The molecule has 11 heteroatoms. The number of hydrogen-bond donors (Lipinski definition) is 2. The lowest BCUT2D eigenvalue weighted by molar-refractivity contribution is -0.141. The van der Waals surface area contributed by atoms with Gasteiger partial charge in [-0.25, -0.2) is 20.0 Å². The van der Waals surface area contributed by atoms with Crippen LogP contribution >= 0.6 is 12.6 Å². The van der Waals surface area contributed by atoms with Crippen LogP contribution < -0.4 is 5.73 Å². The maximum atomic E-state index is 13.5.